The molecule has 1 aromatic rings. The smallest absolute Gasteiger partial charge is 0.337 e. The Morgan fingerprint density at radius 3 is 2.50 bits per heavy atom. The number of benzene rings is 1. The second-order valence-electron chi connectivity index (χ2n) is 9.49. The molecule has 5 nitrogen and oxygen atoms in total. The number of carbonyl (C=O) groups is 1. The Balaban J connectivity index is 1.59. The van der Waals surface area contributed by atoms with Gasteiger partial charge in [-0.3, -0.25) is 4.79 Å². The minimum atomic E-state index is -4.51. The summed E-state index contributed by atoms with van der Waals surface area (Å²) in [5, 5.41) is 0. The van der Waals surface area contributed by atoms with Crippen LogP contribution < -0.4 is 4.72 Å². The fourth-order valence-corrected chi connectivity index (χ4v) is 7.79. The van der Waals surface area contributed by atoms with Crippen molar-refractivity contribution in [1.82, 2.24) is 9.62 Å². The first-order chi connectivity index (χ1) is 15.1. The van der Waals surface area contributed by atoms with E-state index in [1.807, 2.05) is 0 Å². The predicted octanol–water partition coefficient (Wildman–Crippen LogP) is 4.72. The first-order valence-corrected chi connectivity index (χ1v) is 13.1. The van der Waals surface area contributed by atoms with Gasteiger partial charge in [0.1, 0.15) is 0 Å². The van der Waals surface area contributed by atoms with Gasteiger partial charge < -0.3 is 4.90 Å². The Bertz CT molecular complexity index is 948. The molecule has 4 rings (SSSR count). The molecule has 4 atom stereocenters. The Morgan fingerprint density at radius 2 is 1.84 bits per heavy atom. The van der Waals surface area contributed by atoms with Gasteiger partial charge in [0.25, 0.3) is 0 Å². The van der Waals surface area contributed by atoms with Crippen LogP contribution in [0.2, 0.25) is 0 Å². The summed E-state index contributed by atoms with van der Waals surface area (Å²) in [6.45, 7) is 2.87. The van der Waals surface area contributed by atoms with Crippen molar-refractivity contribution in [3.05, 3.63) is 29.8 Å². The van der Waals surface area contributed by atoms with Crippen LogP contribution in [0.4, 0.5) is 13.2 Å². The molecule has 32 heavy (non-hydrogen) atoms. The van der Waals surface area contributed by atoms with Crippen molar-refractivity contribution in [3.8, 4) is 0 Å². The lowest BCUT2D eigenvalue weighted by Crippen LogP contribution is -2.60. The maximum Gasteiger partial charge on any atom is 0.416 e. The van der Waals surface area contributed by atoms with Crippen molar-refractivity contribution in [1.29, 1.82) is 0 Å². The lowest BCUT2D eigenvalue weighted by Gasteiger charge is -2.53. The molecule has 1 N–H and O–H groups in total. The molecule has 2 saturated heterocycles. The van der Waals surface area contributed by atoms with Crippen molar-refractivity contribution in [3.63, 3.8) is 0 Å². The van der Waals surface area contributed by atoms with Gasteiger partial charge in [-0.05, 0) is 81.0 Å². The fourth-order valence-electron chi connectivity index (χ4n) is 6.47. The Hall–Kier alpha value is -1.61. The zero-order valence-electron chi connectivity index (χ0n) is 18.3. The topological polar surface area (TPSA) is 66.5 Å². The van der Waals surface area contributed by atoms with Gasteiger partial charge in [-0.25, -0.2) is 13.1 Å². The first-order valence-electron chi connectivity index (χ1n) is 11.6. The van der Waals surface area contributed by atoms with Crippen LogP contribution in [-0.4, -0.2) is 37.4 Å². The van der Waals surface area contributed by atoms with Crippen LogP contribution in [0.25, 0.3) is 0 Å². The molecule has 0 radical (unpaired) electrons. The van der Waals surface area contributed by atoms with Gasteiger partial charge in [0.15, 0.2) is 0 Å². The van der Waals surface area contributed by atoms with E-state index in [1.165, 1.54) is 0 Å². The zero-order chi connectivity index (χ0) is 23.1. The SMILES string of the molecule is CCC[C@H]1[C@@H](NS(=O)(=O)c2ccc(C(F)(F)F)cc2)CC[C@@]23CCCN2C(=O)CCC[C@@H]13. The Kier molecular flexibility index (Phi) is 6.35. The third kappa shape index (κ3) is 4.18. The van der Waals surface area contributed by atoms with E-state index < -0.39 is 21.8 Å². The Labute approximate surface area is 187 Å². The van der Waals surface area contributed by atoms with E-state index in [0.29, 0.717) is 12.8 Å². The molecule has 1 spiro atoms. The van der Waals surface area contributed by atoms with Crippen LogP contribution in [0.15, 0.2) is 29.2 Å². The van der Waals surface area contributed by atoms with E-state index in [0.717, 1.165) is 75.8 Å². The van der Waals surface area contributed by atoms with Crippen LogP contribution in [0, 0.1) is 11.8 Å². The Morgan fingerprint density at radius 1 is 1.12 bits per heavy atom. The molecule has 0 unspecified atom stereocenters. The van der Waals surface area contributed by atoms with Gasteiger partial charge in [-0.15, -0.1) is 0 Å². The average Bonchev–Trinajstić information content (AvgIpc) is 3.10. The number of carbonyl (C=O) groups excluding carboxylic acids is 1. The number of halogens is 3. The summed E-state index contributed by atoms with van der Waals surface area (Å²) in [5.74, 6) is 0.568. The summed E-state index contributed by atoms with van der Waals surface area (Å²) in [7, 11) is -3.95. The van der Waals surface area contributed by atoms with Gasteiger partial charge >= 0.3 is 6.18 Å². The van der Waals surface area contributed by atoms with Crippen molar-refractivity contribution < 1.29 is 26.4 Å². The maximum atomic E-state index is 13.1. The molecule has 9 heteroatoms. The minimum absolute atomic E-state index is 0.101. The second-order valence-corrected chi connectivity index (χ2v) is 11.2. The fraction of sp³-hybridized carbons (Fsp3) is 0.696. The highest BCUT2D eigenvalue weighted by Crippen LogP contribution is 2.52. The molecule has 3 fully saturated rings. The average molecular weight is 473 g/mol. The number of alkyl halides is 3. The third-order valence-corrected chi connectivity index (χ3v) is 9.27. The van der Waals surface area contributed by atoms with Gasteiger partial charge in [0.05, 0.1) is 10.5 Å². The third-order valence-electron chi connectivity index (χ3n) is 7.77. The van der Waals surface area contributed by atoms with E-state index in [1.54, 1.807) is 0 Å². The number of amides is 1. The van der Waals surface area contributed by atoms with Crippen LogP contribution >= 0.6 is 0 Å². The predicted molar refractivity (Wildman–Crippen MR) is 114 cm³/mol. The summed E-state index contributed by atoms with van der Waals surface area (Å²) in [4.78, 5) is 14.7. The monoisotopic (exact) mass is 472 g/mol. The molecule has 1 aliphatic carbocycles. The summed E-state index contributed by atoms with van der Waals surface area (Å²) < 4.78 is 67.5. The lowest BCUT2D eigenvalue weighted by molar-refractivity contribution is -0.139. The number of nitrogens with one attached hydrogen (secondary N) is 1. The molecule has 3 aliphatic rings. The van der Waals surface area contributed by atoms with E-state index >= 15 is 0 Å². The number of hydrogen-bond donors (Lipinski definition) is 1. The molecule has 1 aromatic carbocycles. The van der Waals surface area contributed by atoms with Crippen LogP contribution in [0.1, 0.15) is 70.3 Å². The zero-order valence-corrected chi connectivity index (χ0v) is 19.1. The van der Waals surface area contributed by atoms with Crippen molar-refractivity contribution >= 4 is 15.9 Å². The molecule has 2 aliphatic heterocycles. The number of rotatable bonds is 5. The van der Waals surface area contributed by atoms with Crippen molar-refractivity contribution in [2.24, 2.45) is 11.8 Å². The van der Waals surface area contributed by atoms with Gasteiger partial charge in [-0.2, -0.15) is 13.2 Å². The van der Waals surface area contributed by atoms with E-state index in [2.05, 4.69) is 16.5 Å². The van der Waals surface area contributed by atoms with Gasteiger partial charge in [-0.1, -0.05) is 13.3 Å². The largest absolute Gasteiger partial charge is 0.416 e. The normalized spacial score (nSPS) is 31.2. The molecular formula is C23H31F3N2O3S. The van der Waals surface area contributed by atoms with Crippen molar-refractivity contribution in [2.45, 2.75) is 87.4 Å². The highest BCUT2D eigenvalue weighted by Gasteiger charge is 2.56. The highest BCUT2D eigenvalue weighted by molar-refractivity contribution is 7.89. The molecular weight excluding hydrogens is 441 g/mol. The molecule has 2 heterocycles. The number of hydrogen-bond acceptors (Lipinski definition) is 3. The summed E-state index contributed by atoms with van der Waals surface area (Å²) in [6.07, 6.45) is 2.90. The van der Waals surface area contributed by atoms with Crippen LogP contribution in [0.5, 0.6) is 0 Å². The molecule has 0 aromatic heterocycles. The van der Waals surface area contributed by atoms with E-state index in [9.17, 15) is 26.4 Å². The number of sulfonamides is 1. The summed E-state index contributed by atoms with van der Waals surface area (Å²) in [6, 6.07) is 3.37. The van der Waals surface area contributed by atoms with Crippen molar-refractivity contribution in [2.75, 3.05) is 6.54 Å². The standard InChI is InChI=1S/C23H31F3N2O3S/c1-2-5-18-19-6-3-7-21(29)28-15-4-13-22(19,28)14-12-20(18)27-32(30,31)17-10-8-16(9-11-17)23(24,25)26/h8-11,18-20,27H,2-7,12-15H2,1H3/t18-,19+,20+,22-/m1/s1. The van der Waals surface area contributed by atoms with Gasteiger partial charge in [0.2, 0.25) is 15.9 Å². The minimum Gasteiger partial charge on any atom is -0.337 e. The maximum absolute atomic E-state index is 13.1. The first kappa shape index (κ1) is 23.5. The van der Waals surface area contributed by atoms with E-state index in [4.69, 9.17) is 0 Å². The molecule has 0 bridgehead atoms. The molecule has 1 saturated carbocycles. The van der Waals surface area contributed by atoms with Gasteiger partial charge in [0, 0.05) is 24.5 Å². The molecule has 178 valence electrons. The van der Waals surface area contributed by atoms with Crippen LogP contribution in [-0.2, 0) is 21.0 Å². The molecule has 1 amide bonds. The summed E-state index contributed by atoms with van der Waals surface area (Å²) >= 11 is 0. The second kappa shape index (κ2) is 8.63. The lowest BCUT2D eigenvalue weighted by atomic mass is 9.61. The quantitative estimate of drug-likeness (QED) is 0.674. The summed E-state index contributed by atoms with van der Waals surface area (Å²) in [5.41, 5.74) is -1.03. The highest BCUT2D eigenvalue weighted by atomic mass is 32.2. The van der Waals surface area contributed by atoms with E-state index in [-0.39, 0.29) is 34.2 Å². The number of nitrogens with zero attached hydrogens (tertiary/aromatic N) is 1. The van der Waals surface area contributed by atoms with Crippen LogP contribution in [0.3, 0.4) is 0 Å².